The third-order valence-corrected chi connectivity index (χ3v) is 1.33. The minimum absolute atomic E-state index is 0.576. The molecule has 0 rings (SSSR count). The third-order valence-electron chi connectivity index (χ3n) is 1.33. The van der Waals surface area contributed by atoms with Crippen LogP contribution in [0.25, 0.3) is 0 Å². The van der Waals surface area contributed by atoms with E-state index in [0.29, 0.717) is 6.04 Å². The average molecular weight is 128 g/mol. The lowest BCUT2D eigenvalue weighted by molar-refractivity contribution is 0.273. The molecule has 0 bridgehead atoms. The maximum Gasteiger partial charge on any atom is 0.0112 e. The van der Waals surface area contributed by atoms with E-state index in [1.54, 1.807) is 0 Å². The van der Waals surface area contributed by atoms with E-state index >= 15 is 0 Å². The molecule has 0 aromatic rings. The summed E-state index contributed by atoms with van der Waals surface area (Å²) in [6.45, 7) is 9.84. The van der Waals surface area contributed by atoms with Crippen LogP contribution in [-0.2, 0) is 0 Å². The fourth-order valence-corrected chi connectivity index (χ4v) is 0.680. The largest absolute Gasteiger partial charge is 0.299 e. The monoisotopic (exact) mass is 128 g/mol. The molecule has 0 atom stereocenters. The van der Waals surface area contributed by atoms with Crippen LogP contribution in [-0.4, -0.2) is 17.5 Å². The molecule has 0 heterocycles. The molecule has 0 N–H and O–H groups in total. The maximum atomic E-state index is 3.91. The van der Waals surface area contributed by atoms with Gasteiger partial charge in [-0.1, -0.05) is 13.8 Å². The number of nitrogens with zero attached hydrogens (tertiary/aromatic N) is 1. The van der Waals surface area contributed by atoms with Gasteiger partial charge in [-0.25, -0.2) is 0 Å². The number of rotatable bonds is 3. The summed E-state index contributed by atoms with van der Waals surface area (Å²) in [5, 5.41) is 0. The summed E-state index contributed by atoms with van der Waals surface area (Å²) in [6.07, 6.45) is 0. The first-order valence-electron chi connectivity index (χ1n) is 3.61. The molecule has 1 heteroatoms. The molecule has 0 aliphatic rings. The van der Waals surface area contributed by atoms with E-state index in [2.05, 4.69) is 39.6 Å². The summed E-state index contributed by atoms with van der Waals surface area (Å²) in [5.41, 5.74) is 0. The van der Waals surface area contributed by atoms with Crippen LogP contribution in [0.2, 0.25) is 0 Å². The van der Waals surface area contributed by atoms with Crippen molar-refractivity contribution in [3.05, 3.63) is 7.05 Å². The van der Waals surface area contributed by atoms with Crippen LogP contribution in [0.4, 0.5) is 0 Å². The highest BCUT2D eigenvalue weighted by Crippen LogP contribution is 2.00. The van der Waals surface area contributed by atoms with Crippen molar-refractivity contribution in [2.24, 2.45) is 5.92 Å². The molecule has 0 saturated carbocycles. The Hall–Kier alpha value is -0.0400. The maximum absolute atomic E-state index is 3.91. The van der Waals surface area contributed by atoms with Crippen molar-refractivity contribution in [3.63, 3.8) is 0 Å². The molecule has 1 radical (unpaired) electrons. The van der Waals surface area contributed by atoms with Gasteiger partial charge in [-0.3, -0.25) is 4.90 Å². The quantitative estimate of drug-likeness (QED) is 0.563. The summed E-state index contributed by atoms with van der Waals surface area (Å²) in [4.78, 5) is 2.12. The van der Waals surface area contributed by atoms with Crippen LogP contribution in [0.3, 0.4) is 0 Å². The van der Waals surface area contributed by atoms with Crippen LogP contribution < -0.4 is 0 Å². The second-order valence-corrected chi connectivity index (χ2v) is 3.26. The third kappa shape index (κ3) is 4.46. The van der Waals surface area contributed by atoms with Crippen molar-refractivity contribution in [1.82, 2.24) is 4.90 Å². The molecule has 55 valence electrons. The molecule has 1 nitrogen and oxygen atoms in total. The zero-order valence-electron chi connectivity index (χ0n) is 7.02. The minimum atomic E-state index is 0.576. The van der Waals surface area contributed by atoms with Crippen molar-refractivity contribution in [1.29, 1.82) is 0 Å². The fourth-order valence-electron chi connectivity index (χ4n) is 0.680. The predicted octanol–water partition coefficient (Wildman–Crippen LogP) is 2.14. The number of hydrogen-bond donors (Lipinski definition) is 0. The molecule has 0 spiro atoms. The lowest BCUT2D eigenvalue weighted by Gasteiger charge is -2.22. The summed E-state index contributed by atoms with van der Waals surface area (Å²) < 4.78 is 0. The van der Waals surface area contributed by atoms with Gasteiger partial charge in [0, 0.05) is 19.6 Å². The van der Waals surface area contributed by atoms with Crippen molar-refractivity contribution >= 4 is 0 Å². The second kappa shape index (κ2) is 3.89. The van der Waals surface area contributed by atoms with Crippen LogP contribution in [0.5, 0.6) is 0 Å². The van der Waals surface area contributed by atoms with Crippen molar-refractivity contribution in [2.75, 3.05) is 6.54 Å². The van der Waals surface area contributed by atoms with Gasteiger partial charge in [0.1, 0.15) is 0 Å². The Kier molecular flexibility index (Phi) is 3.87. The van der Waals surface area contributed by atoms with Crippen molar-refractivity contribution < 1.29 is 0 Å². The van der Waals surface area contributed by atoms with E-state index in [9.17, 15) is 0 Å². The summed E-state index contributed by atoms with van der Waals surface area (Å²) in [6, 6.07) is 0.576. The average Bonchev–Trinajstić information content (AvgIpc) is 1.63. The van der Waals surface area contributed by atoms with Gasteiger partial charge < -0.3 is 0 Å². The molecule has 0 aliphatic carbocycles. The standard InChI is InChI=1S/C8H18N/c1-7(2)6-9(5)8(3)4/h7-8H,5-6H2,1-4H3. The summed E-state index contributed by atoms with van der Waals surface area (Å²) >= 11 is 0. The normalized spacial score (nSPS) is 12.0. The summed E-state index contributed by atoms with van der Waals surface area (Å²) in [7, 11) is 3.91. The first kappa shape index (κ1) is 8.96. The highest BCUT2D eigenvalue weighted by Gasteiger charge is 2.03. The SMILES string of the molecule is [CH2]N(CC(C)C)C(C)C. The zero-order chi connectivity index (χ0) is 7.44. The van der Waals surface area contributed by atoms with Gasteiger partial charge in [0.2, 0.25) is 0 Å². The topological polar surface area (TPSA) is 3.24 Å². The van der Waals surface area contributed by atoms with E-state index in [0.717, 1.165) is 12.5 Å². The molecular formula is C8H18N. The van der Waals surface area contributed by atoms with Gasteiger partial charge in [0.15, 0.2) is 0 Å². The van der Waals surface area contributed by atoms with E-state index in [1.807, 2.05) is 0 Å². The molecule has 9 heavy (non-hydrogen) atoms. The molecule has 0 saturated heterocycles. The van der Waals surface area contributed by atoms with E-state index < -0.39 is 0 Å². The van der Waals surface area contributed by atoms with Crippen molar-refractivity contribution in [2.45, 2.75) is 33.7 Å². The molecule has 0 unspecified atom stereocenters. The first-order chi connectivity index (χ1) is 4.04. The molecule has 0 aromatic carbocycles. The molecule has 0 aromatic heterocycles. The lowest BCUT2D eigenvalue weighted by Crippen LogP contribution is -2.27. The zero-order valence-corrected chi connectivity index (χ0v) is 7.02. The molecule has 0 fully saturated rings. The fraction of sp³-hybridized carbons (Fsp3) is 0.875. The Morgan fingerprint density at radius 1 is 1.22 bits per heavy atom. The Morgan fingerprint density at radius 3 is 1.78 bits per heavy atom. The Bertz CT molecular complexity index is 67.0. The second-order valence-electron chi connectivity index (χ2n) is 3.26. The Labute approximate surface area is 59.1 Å². The highest BCUT2D eigenvalue weighted by molar-refractivity contribution is 4.61. The van der Waals surface area contributed by atoms with Gasteiger partial charge in [0.25, 0.3) is 0 Å². The van der Waals surface area contributed by atoms with E-state index in [-0.39, 0.29) is 0 Å². The molecule has 0 aliphatic heterocycles. The minimum Gasteiger partial charge on any atom is -0.299 e. The van der Waals surface area contributed by atoms with Gasteiger partial charge in [-0.2, -0.15) is 0 Å². The van der Waals surface area contributed by atoms with Gasteiger partial charge in [-0.15, -0.1) is 0 Å². The highest BCUT2D eigenvalue weighted by atomic mass is 15.1. The van der Waals surface area contributed by atoms with Gasteiger partial charge >= 0.3 is 0 Å². The summed E-state index contributed by atoms with van der Waals surface area (Å²) in [5.74, 6) is 0.727. The van der Waals surface area contributed by atoms with Crippen LogP contribution >= 0.6 is 0 Å². The Balaban J connectivity index is 3.38. The van der Waals surface area contributed by atoms with Gasteiger partial charge in [-0.05, 0) is 19.8 Å². The van der Waals surface area contributed by atoms with E-state index in [1.165, 1.54) is 0 Å². The van der Waals surface area contributed by atoms with E-state index in [4.69, 9.17) is 0 Å². The first-order valence-corrected chi connectivity index (χ1v) is 3.61. The lowest BCUT2D eigenvalue weighted by atomic mass is 10.2. The van der Waals surface area contributed by atoms with Gasteiger partial charge in [0.05, 0.1) is 0 Å². The smallest absolute Gasteiger partial charge is 0.0112 e. The van der Waals surface area contributed by atoms with Crippen molar-refractivity contribution in [3.8, 4) is 0 Å². The number of hydrogen-bond acceptors (Lipinski definition) is 1. The predicted molar refractivity (Wildman–Crippen MR) is 42.0 cm³/mol. The van der Waals surface area contributed by atoms with Crippen LogP contribution in [0.15, 0.2) is 0 Å². The molecular weight excluding hydrogens is 110 g/mol. The van der Waals surface area contributed by atoms with Crippen LogP contribution in [0.1, 0.15) is 27.7 Å². The molecule has 0 amide bonds. The Morgan fingerprint density at radius 2 is 1.67 bits per heavy atom. The van der Waals surface area contributed by atoms with Crippen LogP contribution in [0, 0.1) is 13.0 Å².